The standard InChI is InChI=1S/C19H25N3OS/c1-13(2)22-18(23)16-8-3-5-14(9-16)10-20-11-17-12-21-19(24-17)15-6-4-7-15/h3,5,8-9,12-13,15,20H,4,6-7,10-11H2,1-2H3,(H,22,23). The highest BCUT2D eigenvalue weighted by Gasteiger charge is 2.22. The maximum Gasteiger partial charge on any atom is 0.251 e. The van der Waals surface area contributed by atoms with Crippen LogP contribution in [0.3, 0.4) is 0 Å². The van der Waals surface area contributed by atoms with E-state index in [1.807, 2.05) is 55.6 Å². The minimum atomic E-state index is -0.0144. The molecule has 128 valence electrons. The zero-order valence-electron chi connectivity index (χ0n) is 14.3. The summed E-state index contributed by atoms with van der Waals surface area (Å²) in [6.07, 6.45) is 5.94. The number of thiazole rings is 1. The lowest BCUT2D eigenvalue weighted by molar-refractivity contribution is 0.0943. The minimum absolute atomic E-state index is 0.0144. The van der Waals surface area contributed by atoms with E-state index < -0.39 is 0 Å². The maximum atomic E-state index is 12.1. The maximum absolute atomic E-state index is 12.1. The van der Waals surface area contributed by atoms with Gasteiger partial charge < -0.3 is 10.6 Å². The van der Waals surface area contributed by atoms with Crippen LogP contribution in [-0.2, 0) is 13.1 Å². The largest absolute Gasteiger partial charge is 0.350 e. The quantitative estimate of drug-likeness (QED) is 0.803. The first kappa shape index (κ1) is 17.1. The number of aromatic nitrogens is 1. The molecule has 2 N–H and O–H groups in total. The smallest absolute Gasteiger partial charge is 0.251 e. The number of carbonyl (C=O) groups is 1. The summed E-state index contributed by atoms with van der Waals surface area (Å²) in [6.45, 7) is 5.51. The van der Waals surface area contributed by atoms with E-state index in [0.29, 0.717) is 11.5 Å². The predicted molar refractivity (Wildman–Crippen MR) is 98.3 cm³/mol. The van der Waals surface area contributed by atoms with Crippen molar-refractivity contribution >= 4 is 17.2 Å². The lowest BCUT2D eigenvalue weighted by atomic mass is 9.86. The van der Waals surface area contributed by atoms with Crippen molar-refractivity contribution in [3.05, 3.63) is 51.5 Å². The molecule has 0 spiro atoms. The summed E-state index contributed by atoms with van der Waals surface area (Å²) in [6, 6.07) is 7.95. The van der Waals surface area contributed by atoms with E-state index in [-0.39, 0.29) is 11.9 Å². The number of carbonyl (C=O) groups excluding carboxylic acids is 1. The fourth-order valence-electron chi connectivity index (χ4n) is 2.75. The Morgan fingerprint density at radius 3 is 2.88 bits per heavy atom. The molecule has 24 heavy (non-hydrogen) atoms. The van der Waals surface area contributed by atoms with Gasteiger partial charge in [-0.25, -0.2) is 4.98 Å². The molecular weight excluding hydrogens is 318 g/mol. The molecule has 1 aromatic heterocycles. The highest BCUT2D eigenvalue weighted by atomic mass is 32.1. The van der Waals surface area contributed by atoms with Gasteiger partial charge >= 0.3 is 0 Å². The van der Waals surface area contributed by atoms with Crippen LogP contribution >= 0.6 is 11.3 Å². The van der Waals surface area contributed by atoms with Crippen molar-refractivity contribution in [3.63, 3.8) is 0 Å². The van der Waals surface area contributed by atoms with E-state index in [9.17, 15) is 4.79 Å². The molecule has 1 aliphatic rings. The van der Waals surface area contributed by atoms with Crippen LogP contribution in [0.25, 0.3) is 0 Å². The first-order valence-corrected chi connectivity index (χ1v) is 9.48. The monoisotopic (exact) mass is 343 g/mol. The fraction of sp³-hybridized carbons (Fsp3) is 0.474. The number of nitrogens with zero attached hydrogens (tertiary/aromatic N) is 1. The molecule has 1 fully saturated rings. The Hall–Kier alpha value is -1.72. The fourth-order valence-corrected chi connectivity index (χ4v) is 3.80. The first-order valence-electron chi connectivity index (χ1n) is 8.67. The van der Waals surface area contributed by atoms with Crippen LogP contribution in [0.5, 0.6) is 0 Å². The third-order valence-electron chi connectivity index (χ3n) is 4.26. The average molecular weight is 343 g/mol. The van der Waals surface area contributed by atoms with Crippen LogP contribution in [0.1, 0.15) is 64.8 Å². The van der Waals surface area contributed by atoms with E-state index in [2.05, 4.69) is 15.6 Å². The van der Waals surface area contributed by atoms with E-state index in [4.69, 9.17) is 0 Å². The molecule has 1 aromatic carbocycles. The van der Waals surface area contributed by atoms with E-state index in [1.54, 1.807) is 0 Å². The molecule has 1 amide bonds. The van der Waals surface area contributed by atoms with Gasteiger partial charge in [-0.05, 0) is 44.4 Å². The molecule has 0 unspecified atom stereocenters. The van der Waals surface area contributed by atoms with Gasteiger partial charge in [-0.15, -0.1) is 11.3 Å². The van der Waals surface area contributed by atoms with Crippen molar-refractivity contribution < 1.29 is 4.79 Å². The normalized spacial score (nSPS) is 14.6. The van der Waals surface area contributed by atoms with Gasteiger partial charge in [0.05, 0.1) is 5.01 Å². The van der Waals surface area contributed by atoms with Gasteiger partial charge in [0.15, 0.2) is 0 Å². The van der Waals surface area contributed by atoms with Crippen molar-refractivity contribution in [1.82, 2.24) is 15.6 Å². The van der Waals surface area contributed by atoms with Crippen molar-refractivity contribution in [2.75, 3.05) is 0 Å². The second kappa shape index (κ2) is 7.90. The molecule has 1 saturated carbocycles. The van der Waals surface area contributed by atoms with Crippen molar-refractivity contribution in [2.45, 2.75) is 58.2 Å². The highest BCUT2D eigenvalue weighted by Crippen LogP contribution is 2.38. The van der Waals surface area contributed by atoms with Crippen LogP contribution < -0.4 is 10.6 Å². The summed E-state index contributed by atoms with van der Waals surface area (Å²) in [5, 5.41) is 7.68. The molecule has 5 heteroatoms. The second-order valence-electron chi connectivity index (χ2n) is 6.72. The number of benzene rings is 1. The van der Waals surface area contributed by atoms with Crippen LogP contribution in [0.4, 0.5) is 0 Å². The summed E-state index contributed by atoms with van der Waals surface area (Å²) < 4.78 is 0. The van der Waals surface area contributed by atoms with E-state index in [1.165, 1.54) is 29.1 Å². The molecule has 0 bridgehead atoms. The Balaban J connectivity index is 1.51. The SMILES string of the molecule is CC(C)NC(=O)c1cccc(CNCc2cnc(C3CCC3)s2)c1. The molecule has 0 aliphatic heterocycles. The number of hydrogen-bond acceptors (Lipinski definition) is 4. The van der Waals surface area contributed by atoms with Gasteiger partial charge in [0.2, 0.25) is 0 Å². The van der Waals surface area contributed by atoms with Crippen LogP contribution in [0, 0.1) is 0 Å². The molecule has 3 rings (SSSR count). The molecule has 1 aliphatic carbocycles. The molecule has 1 heterocycles. The molecule has 0 saturated heterocycles. The Morgan fingerprint density at radius 2 is 2.17 bits per heavy atom. The molecule has 0 atom stereocenters. The lowest BCUT2D eigenvalue weighted by Crippen LogP contribution is -2.30. The van der Waals surface area contributed by atoms with E-state index >= 15 is 0 Å². The summed E-state index contributed by atoms with van der Waals surface area (Å²) in [5.41, 5.74) is 1.84. The summed E-state index contributed by atoms with van der Waals surface area (Å²) in [5.74, 6) is 0.694. The van der Waals surface area contributed by atoms with Crippen molar-refractivity contribution in [2.24, 2.45) is 0 Å². The van der Waals surface area contributed by atoms with Gasteiger partial charge in [0.25, 0.3) is 5.91 Å². The summed E-state index contributed by atoms with van der Waals surface area (Å²) >= 11 is 1.83. The van der Waals surface area contributed by atoms with Gasteiger partial charge in [-0.3, -0.25) is 4.79 Å². The van der Waals surface area contributed by atoms with E-state index in [0.717, 1.165) is 18.7 Å². The topological polar surface area (TPSA) is 54.0 Å². The van der Waals surface area contributed by atoms with Gasteiger partial charge in [0, 0.05) is 41.7 Å². The van der Waals surface area contributed by atoms with Gasteiger partial charge in [0.1, 0.15) is 0 Å². The third-order valence-corrected chi connectivity index (χ3v) is 5.42. The number of rotatable bonds is 7. The number of amides is 1. The lowest BCUT2D eigenvalue weighted by Gasteiger charge is -2.22. The third kappa shape index (κ3) is 4.42. The molecule has 4 nitrogen and oxygen atoms in total. The molecular formula is C19H25N3OS. The average Bonchev–Trinajstić information content (AvgIpc) is 2.93. The highest BCUT2D eigenvalue weighted by molar-refractivity contribution is 7.11. The number of hydrogen-bond donors (Lipinski definition) is 2. The number of nitrogens with one attached hydrogen (secondary N) is 2. The van der Waals surface area contributed by atoms with Crippen LogP contribution in [0.2, 0.25) is 0 Å². The first-order chi connectivity index (χ1) is 11.6. The van der Waals surface area contributed by atoms with Gasteiger partial charge in [-0.2, -0.15) is 0 Å². The van der Waals surface area contributed by atoms with Crippen molar-refractivity contribution in [3.8, 4) is 0 Å². The molecule has 2 aromatic rings. The second-order valence-corrected chi connectivity index (χ2v) is 7.87. The Labute approximate surface area is 147 Å². The zero-order valence-corrected chi connectivity index (χ0v) is 15.2. The Morgan fingerprint density at radius 1 is 1.33 bits per heavy atom. The van der Waals surface area contributed by atoms with Crippen LogP contribution in [-0.4, -0.2) is 16.9 Å². The minimum Gasteiger partial charge on any atom is -0.350 e. The van der Waals surface area contributed by atoms with Gasteiger partial charge in [-0.1, -0.05) is 18.6 Å². The summed E-state index contributed by atoms with van der Waals surface area (Å²) in [7, 11) is 0. The Kier molecular flexibility index (Phi) is 5.63. The summed E-state index contributed by atoms with van der Waals surface area (Å²) in [4.78, 5) is 17.9. The van der Waals surface area contributed by atoms with Crippen molar-refractivity contribution in [1.29, 1.82) is 0 Å². The van der Waals surface area contributed by atoms with Crippen LogP contribution in [0.15, 0.2) is 30.5 Å². The molecule has 0 radical (unpaired) electrons. The zero-order chi connectivity index (χ0) is 16.9. The predicted octanol–water partition coefficient (Wildman–Crippen LogP) is 3.84. The Bertz CT molecular complexity index is 691.